The van der Waals surface area contributed by atoms with E-state index in [1.165, 1.54) is 23.1 Å². The molecule has 0 bridgehead atoms. The molecule has 32 heavy (non-hydrogen) atoms. The number of rotatable bonds is 6. The number of amides is 1. The van der Waals surface area contributed by atoms with E-state index in [0.717, 1.165) is 0 Å². The van der Waals surface area contributed by atoms with Crippen LogP contribution in [0.2, 0.25) is 0 Å². The Hall–Kier alpha value is -2.51. The highest BCUT2D eigenvalue weighted by Gasteiger charge is 2.34. The number of aromatic nitrogens is 2. The first-order chi connectivity index (χ1) is 15.4. The minimum absolute atomic E-state index is 0.137. The Balaban J connectivity index is 1.31. The lowest BCUT2D eigenvalue weighted by atomic mass is 9.95. The zero-order valence-corrected chi connectivity index (χ0v) is 19.6. The fraction of sp³-hybridized carbons (Fsp3) is 0.421. The average Bonchev–Trinajstić information content (AvgIpc) is 3.34. The highest BCUT2D eigenvalue weighted by molar-refractivity contribution is 8.01. The van der Waals surface area contributed by atoms with Crippen LogP contribution >= 0.6 is 23.1 Å². The van der Waals surface area contributed by atoms with Crippen LogP contribution in [0.4, 0.5) is 5.13 Å². The van der Waals surface area contributed by atoms with Gasteiger partial charge in [-0.25, -0.2) is 0 Å². The van der Waals surface area contributed by atoms with E-state index in [9.17, 15) is 18.0 Å². The number of ether oxygens (including phenoxy) is 1. The summed E-state index contributed by atoms with van der Waals surface area (Å²) < 4.78 is 34.0. The quantitative estimate of drug-likeness (QED) is 0.363. The lowest BCUT2D eigenvalue weighted by Gasteiger charge is -2.32. The van der Waals surface area contributed by atoms with Gasteiger partial charge in [0, 0.05) is 24.6 Å². The average molecular weight is 496 g/mol. The highest BCUT2D eigenvalue weighted by atomic mass is 32.2. The zero-order chi connectivity index (χ0) is 22.7. The Morgan fingerprint density at radius 2 is 2.00 bits per heavy atom. The van der Waals surface area contributed by atoms with Gasteiger partial charge in [-0.05, 0) is 31.9 Å². The first-order valence-corrected chi connectivity index (χ1v) is 13.2. The number of carbonyl (C=O) groups excluding carboxylic acids is 2. The number of amidine groups is 1. The number of anilines is 1. The molecular weight excluding hydrogens is 474 g/mol. The van der Waals surface area contributed by atoms with Crippen molar-refractivity contribution in [2.24, 2.45) is 10.3 Å². The number of hydrogen-bond donors (Lipinski definition) is 1. The van der Waals surface area contributed by atoms with Crippen molar-refractivity contribution >= 4 is 56.0 Å². The number of carbonyl (C=O) groups is 2. The molecule has 1 fully saturated rings. The third kappa shape index (κ3) is 4.94. The van der Waals surface area contributed by atoms with Crippen molar-refractivity contribution in [3.8, 4) is 0 Å². The van der Waals surface area contributed by atoms with Gasteiger partial charge in [0.1, 0.15) is 4.90 Å². The summed E-state index contributed by atoms with van der Waals surface area (Å²) in [7, 11) is -3.66. The summed E-state index contributed by atoms with van der Waals surface area (Å²) in [5.74, 6) is -0.111. The molecule has 2 aromatic rings. The molecule has 2 aliphatic rings. The van der Waals surface area contributed by atoms with Gasteiger partial charge < -0.3 is 15.0 Å². The largest absolute Gasteiger partial charge is 0.465 e. The number of thioether (sulfide) groups is 1. The van der Waals surface area contributed by atoms with Crippen LogP contribution in [0.1, 0.15) is 25.3 Å². The van der Waals surface area contributed by atoms with E-state index in [4.69, 9.17) is 4.74 Å². The van der Waals surface area contributed by atoms with Crippen molar-refractivity contribution in [1.29, 1.82) is 0 Å². The Labute approximate surface area is 193 Å². The zero-order valence-electron chi connectivity index (χ0n) is 17.2. The van der Waals surface area contributed by atoms with E-state index in [1.54, 1.807) is 31.2 Å². The maximum absolute atomic E-state index is 12.7. The van der Waals surface area contributed by atoms with E-state index >= 15 is 0 Å². The van der Waals surface area contributed by atoms with Gasteiger partial charge in [-0.15, -0.1) is 14.6 Å². The topological polar surface area (TPSA) is 131 Å². The van der Waals surface area contributed by atoms with Crippen molar-refractivity contribution in [2.75, 3.05) is 30.8 Å². The standard InChI is InChI=1S/C19H21N5O5S3/c1-2-29-15(25)11-30-19-22-21-18(31-19)20-17(26)12-7-9-24(10-8-12)16-13-5-3-4-6-14(13)32(27,28)23-16/h3-6,12H,2,7-11H2,1H3,(H,20,21,26). The molecule has 1 amide bonds. The molecule has 4 rings (SSSR count). The van der Waals surface area contributed by atoms with Crippen molar-refractivity contribution in [3.63, 3.8) is 0 Å². The van der Waals surface area contributed by atoms with Gasteiger partial charge in [-0.2, -0.15) is 8.42 Å². The monoisotopic (exact) mass is 495 g/mol. The Morgan fingerprint density at radius 1 is 1.25 bits per heavy atom. The van der Waals surface area contributed by atoms with Crippen molar-refractivity contribution < 1.29 is 22.7 Å². The molecule has 10 nitrogen and oxygen atoms in total. The minimum atomic E-state index is -3.66. The summed E-state index contributed by atoms with van der Waals surface area (Å²) in [4.78, 5) is 26.2. The number of benzene rings is 1. The number of sulfonamides is 1. The second kappa shape index (κ2) is 9.55. The minimum Gasteiger partial charge on any atom is -0.465 e. The van der Waals surface area contributed by atoms with Crippen LogP contribution < -0.4 is 5.32 Å². The molecular formula is C19H21N5O5S3. The summed E-state index contributed by atoms with van der Waals surface area (Å²) in [6.45, 7) is 3.12. The van der Waals surface area contributed by atoms with Gasteiger partial charge in [0.25, 0.3) is 10.0 Å². The molecule has 2 aliphatic heterocycles. The summed E-state index contributed by atoms with van der Waals surface area (Å²) in [5, 5.41) is 11.1. The summed E-state index contributed by atoms with van der Waals surface area (Å²) in [5.41, 5.74) is 0.608. The summed E-state index contributed by atoms with van der Waals surface area (Å²) in [6.07, 6.45) is 1.13. The fourth-order valence-electron chi connectivity index (χ4n) is 3.52. The molecule has 1 aromatic carbocycles. The van der Waals surface area contributed by atoms with Crippen LogP contribution in [-0.2, 0) is 24.3 Å². The van der Waals surface area contributed by atoms with Crippen LogP contribution in [0, 0.1) is 5.92 Å². The number of fused-ring (bicyclic) bond motifs is 1. The third-order valence-electron chi connectivity index (χ3n) is 5.03. The lowest BCUT2D eigenvalue weighted by molar-refractivity contribution is -0.139. The molecule has 1 saturated heterocycles. The highest BCUT2D eigenvalue weighted by Crippen LogP contribution is 2.30. The molecule has 0 aliphatic carbocycles. The van der Waals surface area contributed by atoms with Gasteiger partial charge >= 0.3 is 5.97 Å². The maximum atomic E-state index is 12.7. The number of hydrogen-bond acceptors (Lipinski definition) is 10. The predicted octanol–water partition coefficient (Wildman–Crippen LogP) is 1.99. The molecule has 0 radical (unpaired) electrons. The Bertz CT molecular complexity index is 1160. The Morgan fingerprint density at radius 3 is 2.75 bits per heavy atom. The van der Waals surface area contributed by atoms with Crippen LogP contribution in [-0.4, -0.2) is 66.7 Å². The Kier molecular flexibility index (Phi) is 6.76. The molecule has 170 valence electrons. The van der Waals surface area contributed by atoms with Gasteiger partial charge in [0.15, 0.2) is 10.2 Å². The van der Waals surface area contributed by atoms with Gasteiger partial charge in [0.2, 0.25) is 11.0 Å². The molecule has 0 saturated carbocycles. The van der Waals surface area contributed by atoms with E-state index < -0.39 is 10.0 Å². The van der Waals surface area contributed by atoms with E-state index in [0.29, 0.717) is 53.4 Å². The molecule has 0 unspecified atom stereocenters. The SMILES string of the molecule is CCOC(=O)CSc1nnc(NC(=O)C2CCN(C3=NS(=O)(=O)c4ccccc43)CC2)s1. The molecule has 3 heterocycles. The van der Waals surface area contributed by atoms with E-state index in [-0.39, 0.29) is 28.4 Å². The van der Waals surface area contributed by atoms with Crippen LogP contribution in [0.25, 0.3) is 0 Å². The third-order valence-corrected chi connectivity index (χ3v) is 8.30. The number of nitrogens with zero attached hydrogens (tertiary/aromatic N) is 4. The van der Waals surface area contributed by atoms with Crippen LogP contribution in [0.5, 0.6) is 0 Å². The second-order valence-corrected chi connectivity index (χ2v) is 10.9. The number of piperidine rings is 1. The number of esters is 1. The molecule has 13 heteroatoms. The molecule has 1 N–H and O–H groups in total. The smallest absolute Gasteiger partial charge is 0.316 e. The maximum Gasteiger partial charge on any atom is 0.316 e. The molecule has 0 atom stereocenters. The number of likely N-dealkylation sites (tertiary alicyclic amines) is 1. The van der Waals surface area contributed by atoms with Crippen molar-refractivity contribution in [2.45, 2.75) is 29.0 Å². The van der Waals surface area contributed by atoms with Gasteiger partial charge in [-0.1, -0.05) is 35.2 Å². The molecule has 0 spiro atoms. The van der Waals surface area contributed by atoms with E-state index in [2.05, 4.69) is 19.9 Å². The second-order valence-electron chi connectivity index (χ2n) is 7.10. The van der Waals surface area contributed by atoms with Crippen LogP contribution in [0.15, 0.2) is 37.9 Å². The molecule has 1 aromatic heterocycles. The normalized spacial score (nSPS) is 17.5. The fourth-order valence-corrected chi connectivity index (χ4v) is 6.30. The van der Waals surface area contributed by atoms with Gasteiger partial charge in [0.05, 0.1) is 12.4 Å². The lowest BCUT2D eigenvalue weighted by Crippen LogP contribution is -2.41. The predicted molar refractivity (Wildman–Crippen MR) is 120 cm³/mol. The number of nitrogens with one attached hydrogen (secondary N) is 1. The first-order valence-electron chi connectivity index (χ1n) is 9.99. The van der Waals surface area contributed by atoms with Gasteiger partial charge in [-0.3, -0.25) is 9.59 Å². The van der Waals surface area contributed by atoms with Crippen molar-refractivity contribution in [1.82, 2.24) is 15.1 Å². The summed E-state index contributed by atoms with van der Waals surface area (Å²) >= 11 is 2.41. The first kappa shape index (κ1) is 22.7. The van der Waals surface area contributed by atoms with Crippen LogP contribution in [0.3, 0.4) is 0 Å². The van der Waals surface area contributed by atoms with Crippen molar-refractivity contribution in [3.05, 3.63) is 29.8 Å². The van der Waals surface area contributed by atoms with E-state index in [1.807, 2.05) is 4.90 Å². The summed E-state index contributed by atoms with van der Waals surface area (Å²) in [6, 6.07) is 6.78.